The minimum atomic E-state index is -0.555. The zero-order valence-corrected chi connectivity index (χ0v) is 11.5. The van der Waals surface area contributed by atoms with Gasteiger partial charge in [0.2, 0.25) is 5.91 Å². The van der Waals surface area contributed by atoms with Crippen molar-refractivity contribution in [1.82, 2.24) is 5.32 Å². The van der Waals surface area contributed by atoms with Crippen LogP contribution in [0, 0.1) is 23.7 Å². The second-order valence-corrected chi connectivity index (χ2v) is 6.73. The second-order valence-electron chi connectivity index (χ2n) is 6.30. The van der Waals surface area contributed by atoms with E-state index in [4.69, 9.17) is 11.6 Å². The van der Waals surface area contributed by atoms with Crippen LogP contribution in [0.1, 0.15) is 30.2 Å². The smallest absolute Gasteiger partial charge is 0.242 e. The first-order valence-electron chi connectivity index (χ1n) is 7.25. The number of benzene rings is 1. The highest BCUT2D eigenvalue weighted by Crippen LogP contribution is 2.65. The Hall–Kier alpha value is -1.02. The van der Waals surface area contributed by atoms with Gasteiger partial charge >= 0.3 is 0 Å². The molecule has 1 aromatic carbocycles. The van der Waals surface area contributed by atoms with Crippen LogP contribution in [0.2, 0.25) is 0 Å². The molecular weight excluding hydrogens is 258 g/mol. The number of carbonyl (C=O) groups excluding carboxylic acids is 1. The summed E-state index contributed by atoms with van der Waals surface area (Å²) in [6.45, 7) is 0. The lowest BCUT2D eigenvalue weighted by molar-refractivity contribution is -0.121. The fourth-order valence-corrected chi connectivity index (χ4v) is 4.74. The van der Waals surface area contributed by atoms with Gasteiger partial charge in [0.15, 0.2) is 0 Å². The lowest BCUT2D eigenvalue weighted by atomic mass is 10.0. The second kappa shape index (κ2) is 4.24. The molecular formula is C16H18ClNO. The standard InChI is InChI=1S/C16H18ClNO/c17-14(9-4-2-1-3-5-9)16(19)18-15-12-10-6-7-11(8-10)13(12)15/h1-5,10-15H,6-8H2,(H,18,19). The van der Waals surface area contributed by atoms with E-state index in [1.54, 1.807) is 0 Å². The Kier molecular flexibility index (Phi) is 2.63. The quantitative estimate of drug-likeness (QED) is 0.844. The molecule has 3 saturated carbocycles. The zero-order chi connectivity index (χ0) is 13.0. The monoisotopic (exact) mass is 275 g/mol. The molecule has 0 spiro atoms. The molecule has 5 atom stereocenters. The number of halogens is 1. The van der Waals surface area contributed by atoms with Gasteiger partial charge in [-0.15, -0.1) is 11.6 Å². The summed E-state index contributed by atoms with van der Waals surface area (Å²) in [4.78, 5) is 12.2. The van der Waals surface area contributed by atoms with Gasteiger partial charge < -0.3 is 5.32 Å². The molecule has 3 heteroatoms. The van der Waals surface area contributed by atoms with Crippen LogP contribution >= 0.6 is 11.6 Å². The van der Waals surface area contributed by atoms with Crippen LogP contribution in [-0.2, 0) is 4.79 Å². The van der Waals surface area contributed by atoms with E-state index >= 15 is 0 Å². The molecule has 2 nitrogen and oxygen atoms in total. The average molecular weight is 276 g/mol. The third-order valence-electron chi connectivity index (χ3n) is 5.37. The number of nitrogens with one attached hydrogen (secondary N) is 1. The van der Waals surface area contributed by atoms with E-state index in [1.165, 1.54) is 19.3 Å². The maximum absolute atomic E-state index is 12.2. The summed E-state index contributed by atoms with van der Waals surface area (Å²) >= 11 is 6.26. The Morgan fingerprint density at radius 2 is 1.79 bits per heavy atom. The Balaban J connectivity index is 1.41. The Morgan fingerprint density at radius 1 is 1.16 bits per heavy atom. The molecule has 5 unspecified atom stereocenters. The third kappa shape index (κ3) is 1.80. The molecule has 0 radical (unpaired) electrons. The average Bonchev–Trinajstić information content (AvgIpc) is 2.85. The number of fused-ring (bicyclic) bond motifs is 5. The molecule has 0 aromatic heterocycles. The molecule has 100 valence electrons. The largest absolute Gasteiger partial charge is 0.351 e. The molecule has 19 heavy (non-hydrogen) atoms. The van der Waals surface area contributed by atoms with Gasteiger partial charge in [-0.3, -0.25) is 4.79 Å². The van der Waals surface area contributed by atoms with E-state index in [0.717, 1.165) is 29.2 Å². The van der Waals surface area contributed by atoms with Crippen LogP contribution in [0.5, 0.6) is 0 Å². The summed E-state index contributed by atoms with van der Waals surface area (Å²) in [5.41, 5.74) is 0.885. The Labute approximate surface area is 118 Å². The highest BCUT2D eigenvalue weighted by atomic mass is 35.5. The van der Waals surface area contributed by atoms with Gasteiger partial charge in [0.1, 0.15) is 5.38 Å². The van der Waals surface area contributed by atoms with E-state index in [-0.39, 0.29) is 5.91 Å². The van der Waals surface area contributed by atoms with E-state index in [0.29, 0.717) is 6.04 Å². The number of carbonyl (C=O) groups is 1. The van der Waals surface area contributed by atoms with Gasteiger partial charge in [0.25, 0.3) is 0 Å². The molecule has 3 aliphatic carbocycles. The summed E-state index contributed by atoms with van der Waals surface area (Å²) in [5.74, 6) is 3.27. The SMILES string of the molecule is O=C(NC1C2C3CCC(C3)C12)C(Cl)c1ccccc1. The van der Waals surface area contributed by atoms with Gasteiger partial charge in [-0.2, -0.15) is 0 Å². The molecule has 2 bridgehead atoms. The molecule has 1 N–H and O–H groups in total. The minimum Gasteiger partial charge on any atom is -0.351 e. The van der Waals surface area contributed by atoms with Crippen LogP contribution in [0.25, 0.3) is 0 Å². The van der Waals surface area contributed by atoms with Gasteiger partial charge in [0.05, 0.1) is 0 Å². The fraction of sp³-hybridized carbons (Fsp3) is 0.562. The van der Waals surface area contributed by atoms with Crippen molar-refractivity contribution in [3.8, 4) is 0 Å². The predicted molar refractivity (Wildman–Crippen MR) is 74.8 cm³/mol. The number of amides is 1. The zero-order valence-electron chi connectivity index (χ0n) is 10.8. The highest BCUT2D eigenvalue weighted by Gasteiger charge is 2.65. The van der Waals surface area contributed by atoms with Crippen molar-refractivity contribution in [1.29, 1.82) is 0 Å². The van der Waals surface area contributed by atoms with Crippen molar-refractivity contribution < 1.29 is 4.79 Å². The van der Waals surface area contributed by atoms with Crippen molar-refractivity contribution in [3.05, 3.63) is 35.9 Å². The van der Waals surface area contributed by atoms with Gasteiger partial charge in [-0.25, -0.2) is 0 Å². The molecule has 0 heterocycles. The summed E-state index contributed by atoms with van der Waals surface area (Å²) in [5, 5.41) is 2.63. The van der Waals surface area contributed by atoms with E-state index < -0.39 is 5.38 Å². The number of hydrogen-bond acceptors (Lipinski definition) is 1. The topological polar surface area (TPSA) is 29.1 Å². The summed E-state index contributed by atoms with van der Waals surface area (Å²) in [6.07, 6.45) is 4.16. The normalized spacial score (nSPS) is 39.7. The van der Waals surface area contributed by atoms with Crippen molar-refractivity contribution in [2.24, 2.45) is 23.7 Å². The lowest BCUT2D eigenvalue weighted by Crippen LogP contribution is -2.32. The maximum Gasteiger partial charge on any atom is 0.242 e. The van der Waals surface area contributed by atoms with Crippen LogP contribution < -0.4 is 5.32 Å². The molecule has 1 aromatic rings. The van der Waals surface area contributed by atoms with Gasteiger partial charge in [-0.1, -0.05) is 30.3 Å². The Morgan fingerprint density at radius 3 is 2.42 bits per heavy atom. The molecule has 3 fully saturated rings. The van der Waals surface area contributed by atoms with Crippen molar-refractivity contribution in [3.63, 3.8) is 0 Å². The molecule has 0 aliphatic heterocycles. The number of rotatable bonds is 3. The summed E-state index contributed by atoms with van der Waals surface area (Å²) in [7, 11) is 0. The predicted octanol–water partition coefficient (Wildman–Crippen LogP) is 3.13. The number of hydrogen-bond donors (Lipinski definition) is 1. The van der Waals surface area contributed by atoms with Crippen LogP contribution in [-0.4, -0.2) is 11.9 Å². The van der Waals surface area contributed by atoms with Crippen molar-refractivity contribution in [2.75, 3.05) is 0 Å². The fourth-order valence-electron chi connectivity index (χ4n) is 4.53. The summed E-state index contributed by atoms with van der Waals surface area (Å²) < 4.78 is 0. The van der Waals surface area contributed by atoms with Crippen molar-refractivity contribution >= 4 is 17.5 Å². The Bertz CT molecular complexity index is 487. The van der Waals surface area contributed by atoms with Crippen LogP contribution in [0.3, 0.4) is 0 Å². The first kappa shape index (κ1) is 11.8. The maximum atomic E-state index is 12.2. The molecule has 0 saturated heterocycles. The van der Waals surface area contributed by atoms with Gasteiger partial charge in [0, 0.05) is 6.04 Å². The lowest BCUT2D eigenvalue weighted by Gasteiger charge is -2.14. The minimum absolute atomic E-state index is 0.0216. The van der Waals surface area contributed by atoms with Crippen LogP contribution in [0.15, 0.2) is 30.3 Å². The first-order chi connectivity index (χ1) is 9.25. The van der Waals surface area contributed by atoms with E-state index in [9.17, 15) is 4.79 Å². The summed E-state index contributed by atoms with van der Waals surface area (Å²) in [6, 6.07) is 10.0. The number of alkyl halides is 1. The third-order valence-corrected chi connectivity index (χ3v) is 5.82. The first-order valence-corrected chi connectivity index (χ1v) is 7.69. The van der Waals surface area contributed by atoms with Crippen LogP contribution in [0.4, 0.5) is 0 Å². The van der Waals surface area contributed by atoms with Gasteiger partial charge in [-0.05, 0) is 48.5 Å². The van der Waals surface area contributed by atoms with E-state index in [1.807, 2.05) is 30.3 Å². The van der Waals surface area contributed by atoms with Crippen molar-refractivity contribution in [2.45, 2.75) is 30.7 Å². The molecule has 3 aliphatic rings. The highest BCUT2D eigenvalue weighted by molar-refractivity contribution is 6.30. The molecule has 4 rings (SSSR count). The molecule has 1 amide bonds. The van der Waals surface area contributed by atoms with E-state index in [2.05, 4.69) is 5.32 Å².